The van der Waals surface area contributed by atoms with Crippen molar-refractivity contribution in [3.8, 4) is 5.75 Å². The molecule has 1 aliphatic heterocycles. The fourth-order valence-corrected chi connectivity index (χ4v) is 4.26. The number of likely N-dealkylation sites (tertiary alicyclic amines) is 1. The van der Waals surface area contributed by atoms with Crippen LogP contribution in [0.4, 0.5) is 4.39 Å². The molecule has 1 saturated heterocycles. The molecule has 0 radical (unpaired) electrons. The van der Waals surface area contributed by atoms with E-state index in [0.717, 1.165) is 5.69 Å². The number of aliphatic hydroxyl groups excluding tert-OH is 1. The number of hydrogen-bond donors (Lipinski definition) is 1. The van der Waals surface area contributed by atoms with Gasteiger partial charge in [0, 0.05) is 38.1 Å². The molecular formula is C21H24FN3O3. The van der Waals surface area contributed by atoms with E-state index in [2.05, 4.69) is 9.97 Å². The maximum absolute atomic E-state index is 13.1. The van der Waals surface area contributed by atoms with Gasteiger partial charge in [0.05, 0.1) is 11.8 Å². The second kappa shape index (κ2) is 8.22. The number of nitrogens with zero attached hydrogens (tertiary/aromatic N) is 3. The van der Waals surface area contributed by atoms with Gasteiger partial charge in [0.25, 0.3) is 0 Å². The van der Waals surface area contributed by atoms with Crippen LogP contribution in [0.2, 0.25) is 0 Å². The number of halogens is 1. The summed E-state index contributed by atoms with van der Waals surface area (Å²) in [6.45, 7) is 1.38. The molecule has 7 heteroatoms. The molecular weight excluding hydrogens is 361 g/mol. The minimum atomic E-state index is -0.582. The van der Waals surface area contributed by atoms with Gasteiger partial charge in [0.15, 0.2) is 0 Å². The van der Waals surface area contributed by atoms with E-state index < -0.39 is 6.10 Å². The van der Waals surface area contributed by atoms with Crippen LogP contribution >= 0.6 is 0 Å². The van der Waals surface area contributed by atoms with E-state index in [9.17, 15) is 14.3 Å². The molecule has 28 heavy (non-hydrogen) atoms. The summed E-state index contributed by atoms with van der Waals surface area (Å²) >= 11 is 0. The summed E-state index contributed by atoms with van der Waals surface area (Å²) < 4.78 is 19.0. The van der Waals surface area contributed by atoms with Gasteiger partial charge in [0.1, 0.15) is 17.7 Å². The third-order valence-electron chi connectivity index (χ3n) is 5.75. The summed E-state index contributed by atoms with van der Waals surface area (Å²) in [7, 11) is 0. The molecule has 2 aromatic rings. The Morgan fingerprint density at radius 2 is 1.93 bits per heavy atom. The highest BCUT2D eigenvalue weighted by atomic mass is 19.1. The number of ether oxygens (including phenoxy) is 1. The minimum Gasteiger partial charge on any atom is -0.488 e. The van der Waals surface area contributed by atoms with Gasteiger partial charge in [-0.1, -0.05) is 0 Å². The number of carbonyl (C=O) groups is 1. The van der Waals surface area contributed by atoms with E-state index >= 15 is 0 Å². The molecule has 4 rings (SSSR count). The lowest BCUT2D eigenvalue weighted by molar-refractivity contribution is -0.130. The quantitative estimate of drug-likeness (QED) is 0.854. The smallest absolute Gasteiger partial charge is 0.222 e. The molecule has 1 aromatic heterocycles. The van der Waals surface area contributed by atoms with Gasteiger partial charge in [-0.05, 0) is 55.4 Å². The molecule has 2 aliphatic rings. The fourth-order valence-electron chi connectivity index (χ4n) is 4.26. The standard InChI is InChI=1S/C21H24FN3O3/c22-16-1-4-18(5-2-16)28-20-10-15-13-25(12-14(15)9-19(20)26)21(27)6-3-17-11-23-7-8-24-17/h1-2,4-5,7-8,11,14-15,19-20,26H,3,6,9-10,12-13H2/t14-,15+,19+,20+/m0/s1. The number of carbonyl (C=O) groups excluding carboxylic acids is 1. The third-order valence-corrected chi connectivity index (χ3v) is 5.75. The van der Waals surface area contributed by atoms with Gasteiger partial charge >= 0.3 is 0 Å². The first-order chi connectivity index (χ1) is 13.6. The van der Waals surface area contributed by atoms with Crippen LogP contribution < -0.4 is 4.74 Å². The first-order valence-corrected chi connectivity index (χ1v) is 9.71. The van der Waals surface area contributed by atoms with Crippen LogP contribution in [0.5, 0.6) is 5.75 Å². The highest BCUT2D eigenvalue weighted by Crippen LogP contribution is 2.38. The molecule has 1 saturated carbocycles. The summed E-state index contributed by atoms with van der Waals surface area (Å²) in [5.41, 5.74) is 0.815. The zero-order valence-electron chi connectivity index (χ0n) is 15.6. The summed E-state index contributed by atoms with van der Waals surface area (Å²) in [5, 5.41) is 10.5. The van der Waals surface area contributed by atoms with Crippen molar-refractivity contribution in [1.82, 2.24) is 14.9 Å². The number of hydrogen-bond acceptors (Lipinski definition) is 5. The first kappa shape index (κ1) is 18.8. The van der Waals surface area contributed by atoms with Gasteiger partial charge in [-0.15, -0.1) is 0 Å². The Balaban J connectivity index is 1.32. The Kier molecular flexibility index (Phi) is 5.52. The average Bonchev–Trinajstić information content (AvgIpc) is 3.12. The van der Waals surface area contributed by atoms with Crippen molar-refractivity contribution in [1.29, 1.82) is 0 Å². The average molecular weight is 385 g/mol. The minimum absolute atomic E-state index is 0.116. The van der Waals surface area contributed by atoms with E-state index in [1.54, 1.807) is 30.7 Å². The Morgan fingerprint density at radius 1 is 1.18 bits per heavy atom. The lowest BCUT2D eigenvalue weighted by Gasteiger charge is -2.35. The van der Waals surface area contributed by atoms with E-state index in [1.807, 2.05) is 4.90 Å². The molecule has 0 unspecified atom stereocenters. The Hall–Kier alpha value is -2.54. The van der Waals surface area contributed by atoms with Crippen molar-refractivity contribution in [2.45, 2.75) is 37.9 Å². The summed E-state index contributed by atoms with van der Waals surface area (Å²) in [5.74, 6) is 0.963. The molecule has 0 spiro atoms. The Bertz CT molecular complexity index is 802. The maximum atomic E-state index is 13.1. The Labute approximate surface area is 163 Å². The van der Waals surface area contributed by atoms with Crippen molar-refractivity contribution in [3.05, 3.63) is 54.4 Å². The largest absolute Gasteiger partial charge is 0.488 e. The van der Waals surface area contributed by atoms with E-state index in [0.29, 0.717) is 56.4 Å². The topological polar surface area (TPSA) is 75.6 Å². The predicted octanol–water partition coefficient (Wildman–Crippen LogP) is 2.23. The van der Waals surface area contributed by atoms with E-state index in [4.69, 9.17) is 4.74 Å². The van der Waals surface area contributed by atoms with E-state index in [-0.39, 0.29) is 17.8 Å². The number of aliphatic hydroxyl groups is 1. The number of rotatable bonds is 5. The first-order valence-electron chi connectivity index (χ1n) is 9.71. The van der Waals surface area contributed by atoms with Gasteiger partial charge in [-0.3, -0.25) is 14.8 Å². The highest BCUT2D eigenvalue weighted by molar-refractivity contribution is 5.76. The highest BCUT2D eigenvalue weighted by Gasteiger charge is 2.43. The molecule has 1 aromatic carbocycles. The van der Waals surface area contributed by atoms with Crippen molar-refractivity contribution in [3.63, 3.8) is 0 Å². The molecule has 6 nitrogen and oxygen atoms in total. The molecule has 1 amide bonds. The zero-order chi connectivity index (χ0) is 19.5. The van der Waals surface area contributed by atoms with Gasteiger partial charge in [-0.25, -0.2) is 4.39 Å². The molecule has 1 N–H and O–H groups in total. The second-order valence-electron chi connectivity index (χ2n) is 7.66. The number of aromatic nitrogens is 2. The normalized spacial score (nSPS) is 26.7. The summed E-state index contributed by atoms with van der Waals surface area (Å²) in [6, 6.07) is 5.84. The second-order valence-corrected chi connectivity index (χ2v) is 7.66. The molecule has 4 atom stereocenters. The molecule has 1 aliphatic carbocycles. The molecule has 148 valence electrons. The lowest BCUT2D eigenvalue weighted by atomic mass is 9.78. The SMILES string of the molecule is O=C(CCc1cnccn1)N1C[C@H]2C[C@@H](Oc3ccc(F)cc3)[C@H](O)C[C@H]2C1. The molecule has 2 heterocycles. The number of fused-ring (bicyclic) bond motifs is 1. The van der Waals surface area contributed by atoms with Crippen molar-refractivity contribution in [2.24, 2.45) is 11.8 Å². The molecule has 2 fully saturated rings. The van der Waals surface area contributed by atoms with Gasteiger partial charge < -0.3 is 14.7 Å². The lowest BCUT2D eigenvalue weighted by Crippen LogP contribution is -2.42. The van der Waals surface area contributed by atoms with Crippen LogP contribution in [0.15, 0.2) is 42.9 Å². The van der Waals surface area contributed by atoms with Crippen LogP contribution in [0, 0.1) is 17.7 Å². The van der Waals surface area contributed by atoms with Crippen LogP contribution in [-0.4, -0.2) is 51.2 Å². The van der Waals surface area contributed by atoms with Gasteiger partial charge in [-0.2, -0.15) is 0 Å². The van der Waals surface area contributed by atoms with Crippen molar-refractivity contribution in [2.75, 3.05) is 13.1 Å². The third kappa shape index (κ3) is 4.30. The number of aryl methyl sites for hydroxylation is 1. The van der Waals surface area contributed by atoms with Gasteiger partial charge in [0.2, 0.25) is 5.91 Å². The number of amides is 1. The fraction of sp³-hybridized carbons (Fsp3) is 0.476. The van der Waals surface area contributed by atoms with Crippen LogP contribution in [0.1, 0.15) is 25.0 Å². The van der Waals surface area contributed by atoms with Crippen LogP contribution in [0.25, 0.3) is 0 Å². The maximum Gasteiger partial charge on any atom is 0.222 e. The van der Waals surface area contributed by atoms with E-state index in [1.165, 1.54) is 12.1 Å². The number of benzene rings is 1. The summed E-state index contributed by atoms with van der Waals surface area (Å²) in [6.07, 6.45) is 6.32. The van der Waals surface area contributed by atoms with Crippen molar-refractivity contribution >= 4 is 5.91 Å². The van der Waals surface area contributed by atoms with Crippen molar-refractivity contribution < 1.29 is 19.0 Å². The monoisotopic (exact) mass is 385 g/mol. The zero-order valence-corrected chi connectivity index (χ0v) is 15.6. The summed E-state index contributed by atoms with van der Waals surface area (Å²) in [4.78, 5) is 22.7. The van der Waals surface area contributed by atoms with Crippen LogP contribution in [-0.2, 0) is 11.2 Å². The van der Waals surface area contributed by atoms with Crippen LogP contribution in [0.3, 0.4) is 0 Å². The molecule has 0 bridgehead atoms. The predicted molar refractivity (Wildman–Crippen MR) is 100.0 cm³/mol. The Morgan fingerprint density at radius 3 is 2.64 bits per heavy atom.